The van der Waals surface area contributed by atoms with Gasteiger partial charge in [0, 0.05) is 0 Å². The van der Waals surface area contributed by atoms with E-state index in [2.05, 4.69) is 0 Å². The highest BCUT2D eigenvalue weighted by Gasteiger charge is 2.25. The van der Waals surface area contributed by atoms with E-state index in [4.69, 9.17) is 9.47 Å². The molecule has 0 aliphatic rings. The number of carbonyl (C=O) groups excluding carboxylic acids is 1. The lowest BCUT2D eigenvalue weighted by Crippen LogP contribution is -2.32. The van der Waals surface area contributed by atoms with Gasteiger partial charge in [0.1, 0.15) is 11.4 Å². The van der Waals surface area contributed by atoms with Gasteiger partial charge in [-0.3, -0.25) is 4.79 Å². The van der Waals surface area contributed by atoms with Gasteiger partial charge in [-0.15, -0.1) is 0 Å². The largest absolute Gasteiger partial charge is 0.487 e. The first-order valence-corrected chi connectivity index (χ1v) is 6.24. The summed E-state index contributed by atoms with van der Waals surface area (Å²) in [5, 5.41) is 0. The van der Waals surface area contributed by atoms with E-state index in [1.807, 2.05) is 58.9 Å². The summed E-state index contributed by atoms with van der Waals surface area (Å²) < 4.78 is 10.9. The lowest BCUT2D eigenvalue weighted by Gasteiger charge is -2.26. The average molecular weight is 250 g/mol. The zero-order valence-corrected chi connectivity index (χ0v) is 11.8. The highest BCUT2D eigenvalue weighted by Crippen LogP contribution is 2.22. The molecule has 0 aromatic heterocycles. The maximum atomic E-state index is 11.6. The predicted octanol–water partition coefficient (Wildman–Crippen LogP) is 3.49. The second-order valence-electron chi connectivity index (χ2n) is 5.39. The third-order valence-electron chi connectivity index (χ3n) is 2.35. The van der Waals surface area contributed by atoms with Gasteiger partial charge in [0.2, 0.25) is 0 Å². The minimum Gasteiger partial charge on any atom is -0.487 e. The average Bonchev–Trinajstić information content (AvgIpc) is 2.18. The minimum absolute atomic E-state index is 0.0901. The van der Waals surface area contributed by atoms with E-state index in [9.17, 15) is 4.79 Å². The van der Waals surface area contributed by atoms with Gasteiger partial charge in [-0.1, -0.05) is 17.7 Å². The summed E-state index contributed by atoms with van der Waals surface area (Å²) >= 11 is 0. The fourth-order valence-corrected chi connectivity index (χ4v) is 1.61. The molecule has 0 spiro atoms. The number of benzene rings is 1. The molecule has 0 unspecified atom stereocenters. The van der Waals surface area contributed by atoms with Gasteiger partial charge in [-0.25, -0.2) is 0 Å². The Morgan fingerprint density at radius 2 is 1.78 bits per heavy atom. The molecular formula is C15H22O3. The van der Waals surface area contributed by atoms with E-state index in [1.54, 1.807) is 0 Å². The van der Waals surface area contributed by atoms with Crippen molar-refractivity contribution in [2.75, 3.05) is 0 Å². The molecule has 0 N–H and O–H groups in total. The predicted molar refractivity (Wildman–Crippen MR) is 71.7 cm³/mol. The van der Waals surface area contributed by atoms with Gasteiger partial charge < -0.3 is 9.47 Å². The van der Waals surface area contributed by atoms with Crippen LogP contribution in [0.15, 0.2) is 24.3 Å². The summed E-state index contributed by atoms with van der Waals surface area (Å²) in [7, 11) is 0. The molecule has 0 radical (unpaired) electrons. The quantitative estimate of drug-likeness (QED) is 0.750. The number of esters is 1. The number of hydrogen-bond acceptors (Lipinski definition) is 3. The fourth-order valence-electron chi connectivity index (χ4n) is 1.61. The molecule has 0 saturated carbocycles. The lowest BCUT2D eigenvalue weighted by atomic mass is 10.1. The molecule has 0 aliphatic heterocycles. The molecule has 18 heavy (non-hydrogen) atoms. The van der Waals surface area contributed by atoms with Crippen LogP contribution in [-0.2, 0) is 9.53 Å². The van der Waals surface area contributed by atoms with Crippen molar-refractivity contribution < 1.29 is 14.3 Å². The highest BCUT2D eigenvalue weighted by atomic mass is 16.5. The second kappa shape index (κ2) is 5.89. The molecule has 1 aromatic carbocycles. The lowest BCUT2D eigenvalue weighted by molar-refractivity contribution is -0.151. The molecule has 3 heteroatoms. The SMILES string of the molecule is Cc1ccc(OC(C)(C)CC(=O)OC(C)C)cc1. The molecule has 0 saturated heterocycles. The van der Waals surface area contributed by atoms with E-state index < -0.39 is 5.60 Å². The molecule has 1 rings (SSSR count). The van der Waals surface area contributed by atoms with Gasteiger partial charge >= 0.3 is 5.97 Å². The van der Waals surface area contributed by atoms with E-state index >= 15 is 0 Å². The van der Waals surface area contributed by atoms with Gasteiger partial charge in [0.15, 0.2) is 0 Å². The number of hydrogen-bond donors (Lipinski definition) is 0. The van der Waals surface area contributed by atoms with E-state index in [0.717, 1.165) is 5.75 Å². The summed E-state index contributed by atoms with van der Waals surface area (Å²) in [4.78, 5) is 11.6. The van der Waals surface area contributed by atoms with Crippen LogP contribution in [0.25, 0.3) is 0 Å². The van der Waals surface area contributed by atoms with Gasteiger partial charge in [-0.05, 0) is 46.8 Å². The zero-order chi connectivity index (χ0) is 13.8. The van der Waals surface area contributed by atoms with Crippen molar-refractivity contribution in [3.05, 3.63) is 29.8 Å². The van der Waals surface area contributed by atoms with Crippen LogP contribution in [0.1, 0.15) is 39.7 Å². The monoisotopic (exact) mass is 250 g/mol. The van der Waals surface area contributed by atoms with Gasteiger partial charge in [0.05, 0.1) is 12.5 Å². The number of ether oxygens (including phenoxy) is 2. The third kappa shape index (κ3) is 5.21. The Morgan fingerprint density at radius 1 is 1.22 bits per heavy atom. The Kier molecular flexibility index (Phi) is 4.76. The Bertz CT molecular complexity index is 391. The molecule has 3 nitrogen and oxygen atoms in total. The van der Waals surface area contributed by atoms with Crippen LogP contribution in [-0.4, -0.2) is 17.7 Å². The molecule has 0 fully saturated rings. The Balaban J connectivity index is 2.58. The minimum atomic E-state index is -0.568. The number of rotatable bonds is 5. The van der Waals surface area contributed by atoms with Crippen molar-refractivity contribution in [2.45, 2.75) is 52.7 Å². The Morgan fingerprint density at radius 3 is 2.28 bits per heavy atom. The van der Waals surface area contributed by atoms with E-state index in [-0.39, 0.29) is 18.5 Å². The highest BCUT2D eigenvalue weighted by molar-refractivity contribution is 5.70. The maximum Gasteiger partial charge on any atom is 0.310 e. The van der Waals surface area contributed by atoms with Crippen LogP contribution in [0, 0.1) is 6.92 Å². The molecule has 0 atom stereocenters. The maximum absolute atomic E-state index is 11.6. The Hall–Kier alpha value is -1.51. The molecule has 100 valence electrons. The molecule has 0 heterocycles. The van der Waals surface area contributed by atoms with Crippen LogP contribution < -0.4 is 4.74 Å². The fraction of sp³-hybridized carbons (Fsp3) is 0.533. The van der Waals surface area contributed by atoms with E-state index in [1.165, 1.54) is 5.56 Å². The molecule has 0 bridgehead atoms. The van der Waals surface area contributed by atoms with E-state index in [0.29, 0.717) is 0 Å². The topological polar surface area (TPSA) is 35.5 Å². The summed E-state index contributed by atoms with van der Waals surface area (Å²) in [6.07, 6.45) is 0.145. The first kappa shape index (κ1) is 14.6. The van der Waals surface area contributed by atoms with Crippen LogP contribution in [0.4, 0.5) is 0 Å². The smallest absolute Gasteiger partial charge is 0.310 e. The van der Waals surface area contributed by atoms with Crippen molar-refractivity contribution in [3.8, 4) is 5.75 Å². The molecule has 1 aromatic rings. The van der Waals surface area contributed by atoms with Gasteiger partial charge in [-0.2, -0.15) is 0 Å². The standard InChI is InChI=1S/C15H22O3/c1-11(2)17-14(16)10-15(4,5)18-13-8-6-12(3)7-9-13/h6-9,11H,10H2,1-5H3. The third-order valence-corrected chi connectivity index (χ3v) is 2.35. The molecular weight excluding hydrogens is 228 g/mol. The number of carbonyl (C=O) groups is 1. The Labute approximate surface area is 109 Å². The van der Waals surface area contributed by atoms with Crippen molar-refractivity contribution >= 4 is 5.97 Å². The summed E-state index contributed by atoms with van der Waals surface area (Å²) in [6.45, 7) is 9.47. The zero-order valence-electron chi connectivity index (χ0n) is 11.8. The second-order valence-corrected chi connectivity index (χ2v) is 5.39. The van der Waals surface area contributed by atoms with Crippen LogP contribution >= 0.6 is 0 Å². The molecule has 0 aliphatic carbocycles. The van der Waals surface area contributed by atoms with Crippen molar-refractivity contribution in [1.82, 2.24) is 0 Å². The number of aryl methyl sites for hydroxylation is 1. The van der Waals surface area contributed by atoms with Crippen LogP contribution in [0.5, 0.6) is 5.75 Å². The van der Waals surface area contributed by atoms with Gasteiger partial charge in [0.25, 0.3) is 0 Å². The molecule has 0 amide bonds. The summed E-state index contributed by atoms with van der Waals surface area (Å²) in [6, 6.07) is 7.78. The summed E-state index contributed by atoms with van der Waals surface area (Å²) in [5.74, 6) is 0.532. The summed E-state index contributed by atoms with van der Waals surface area (Å²) in [5.41, 5.74) is 0.612. The van der Waals surface area contributed by atoms with Crippen LogP contribution in [0.2, 0.25) is 0 Å². The van der Waals surface area contributed by atoms with Crippen molar-refractivity contribution in [2.24, 2.45) is 0 Å². The first-order valence-electron chi connectivity index (χ1n) is 6.24. The van der Waals surface area contributed by atoms with Crippen molar-refractivity contribution in [3.63, 3.8) is 0 Å². The van der Waals surface area contributed by atoms with Crippen molar-refractivity contribution in [1.29, 1.82) is 0 Å². The first-order chi connectivity index (χ1) is 8.28. The van der Waals surface area contributed by atoms with Crippen LogP contribution in [0.3, 0.4) is 0 Å². The normalized spacial score (nSPS) is 11.4.